The Morgan fingerprint density at radius 3 is 2.17 bits per heavy atom. The second-order valence-corrected chi connectivity index (χ2v) is 7.36. The number of nitrogens with one attached hydrogen (secondary N) is 1. The highest BCUT2D eigenvalue weighted by atomic mass is 32.2. The molecule has 0 saturated heterocycles. The van der Waals surface area contributed by atoms with Crippen LogP contribution in [0.3, 0.4) is 0 Å². The van der Waals surface area contributed by atoms with Gasteiger partial charge in [0.25, 0.3) is 0 Å². The van der Waals surface area contributed by atoms with Gasteiger partial charge in [-0.2, -0.15) is 13.5 Å². The summed E-state index contributed by atoms with van der Waals surface area (Å²) in [6, 6.07) is 16.5. The van der Waals surface area contributed by atoms with Crippen LogP contribution < -0.4 is 9.61 Å². The molecule has 0 aliphatic rings. The predicted octanol–water partition coefficient (Wildman–Crippen LogP) is 3.74. The maximum Gasteiger partial charge on any atom is 0.339 e. The van der Waals surface area contributed by atoms with Gasteiger partial charge in [0.2, 0.25) is 0 Å². The standard InChI is InChI=1S/C20H15FN2O5S/c21-16-5-11-19(12-6-16)29(26,27)28-18-9-1-14(2-10-18)13-22-23-17-7-3-15(4-8-17)20(24)25/h1-13,23H,(H,24,25). The number of anilines is 1. The van der Waals surface area contributed by atoms with Gasteiger partial charge in [-0.15, -0.1) is 0 Å². The van der Waals surface area contributed by atoms with E-state index >= 15 is 0 Å². The number of carboxylic acids is 1. The first-order chi connectivity index (χ1) is 13.8. The molecular formula is C20H15FN2O5S. The number of hydrazone groups is 1. The molecule has 0 unspecified atom stereocenters. The van der Waals surface area contributed by atoms with Crippen LogP contribution in [0.4, 0.5) is 10.1 Å². The van der Waals surface area contributed by atoms with Crippen molar-refractivity contribution >= 4 is 28.0 Å². The summed E-state index contributed by atoms with van der Waals surface area (Å²) in [5.41, 5.74) is 4.21. The number of aromatic carboxylic acids is 1. The van der Waals surface area contributed by atoms with Gasteiger partial charge in [0, 0.05) is 0 Å². The lowest BCUT2D eigenvalue weighted by Gasteiger charge is -2.07. The summed E-state index contributed by atoms with van der Waals surface area (Å²) >= 11 is 0. The first-order valence-corrected chi connectivity index (χ1v) is 9.67. The highest BCUT2D eigenvalue weighted by Gasteiger charge is 2.16. The van der Waals surface area contributed by atoms with Crippen LogP contribution in [0.2, 0.25) is 0 Å². The molecule has 3 rings (SSSR count). The zero-order chi connectivity index (χ0) is 20.9. The van der Waals surface area contributed by atoms with Crippen molar-refractivity contribution in [1.82, 2.24) is 0 Å². The van der Waals surface area contributed by atoms with Gasteiger partial charge >= 0.3 is 16.1 Å². The second kappa shape index (κ2) is 8.53. The molecular weight excluding hydrogens is 399 g/mol. The van der Waals surface area contributed by atoms with Gasteiger partial charge in [-0.25, -0.2) is 9.18 Å². The van der Waals surface area contributed by atoms with E-state index in [1.165, 1.54) is 30.5 Å². The molecule has 0 aromatic heterocycles. The first kappa shape index (κ1) is 20.0. The lowest BCUT2D eigenvalue weighted by molar-refractivity contribution is 0.0697. The van der Waals surface area contributed by atoms with Crippen LogP contribution in [-0.4, -0.2) is 25.7 Å². The van der Waals surface area contributed by atoms with E-state index in [2.05, 4.69) is 10.5 Å². The van der Waals surface area contributed by atoms with E-state index in [1.807, 2.05) is 0 Å². The first-order valence-electron chi connectivity index (χ1n) is 8.26. The fourth-order valence-corrected chi connectivity index (χ4v) is 3.18. The van der Waals surface area contributed by atoms with Crippen molar-refractivity contribution in [2.24, 2.45) is 5.10 Å². The third kappa shape index (κ3) is 5.39. The SMILES string of the molecule is O=C(O)c1ccc(NN=Cc2ccc(OS(=O)(=O)c3ccc(F)cc3)cc2)cc1. The van der Waals surface area contributed by atoms with E-state index in [4.69, 9.17) is 9.29 Å². The maximum atomic E-state index is 12.9. The Balaban J connectivity index is 1.61. The Morgan fingerprint density at radius 1 is 0.966 bits per heavy atom. The van der Waals surface area contributed by atoms with E-state index in [1.54, 1.807) is 24.3 Å². The minimum Gasteiger partial charge on any atom is -0.478 e. The molecule has 0 aliphatic heterocycles. The van der Waals surface area contributed by atoms with Crippen LogP contribution in [0, 0.1) is 5.82 Å². The monoisotopic (exact) mass is 414 g/mol. The van der Waals surface area contributed by atoms with E-state index in [9.17, 15) is 17.6 Å². The summed E-state index contributed by atoms with van der Waals surface area (Å²) in [6.45, 7) is 0. The van der Waals surface area contributed by atoms with E-state index in [0.29, 0.717) is 11.3 Å². The van der Waals surface area contributed by atoms with Gasteiger partial charge in [0.1, 0.15) is 16.5 Å². The molecule has 0 aliphatic carbocycles. The number of halogens is 1. The number of benzene rings is 3. The largest absolute Gasteiger partial charge is 0.478 e. The molecule has 0 atom stereocenters. The van der Waals surface area contributed by atoms with E-state index in [-0.39, 0.29) is 16.2 Å². The summed E-state index contributed by atoms with van der Waals surface area (Å²) in [5, 5.41) is 12.9. The summed E-state index contributed by atoms with van der Waals surface area (Å²) in [4.78, 5) is 10.7. The molecule has 0 bridgehead atoms. The molecule has 7 nitrogen and oxygen atoms in total. The predicted molar refractivity (Wildman–Crippen MR) is 105 cm³/mol. The molecule has 3 aromatic rings. The third-order valence-electron chi connectivity index (χ3n) is 3.73. The van der Waals surface area contributed by atoms with E-state index < -0.39 is 21.9 Å². The van der Waals surface area contributed by atoms with Crippen LogP contribution in [-0.2, 0) is 10.1 Å². The van der Waals surface area contributed by atoms with Crippen molar-refractivity contribution in [3.05, 3.63) is 89.7 Å². The Bertz CT molecular complexity index is 1130. The molecule has 148 valence electrons. The Hall–Kier alpha value is -3.72. The number of hydrogen-bond acceptors (Lipinski definition) is 6. The van der Waals surface area contributed by atoms with Crippen LogP contribution in [0.15, 0.2) is 82.8 Å². The molecule has 9 heteroatoms. The molecule has 0 spiro atoms. The Labute approximate surface area is 166 Å². The molecule has 0 saturated carbocycles. The number of hydrogen-bond donors (Lipinski definition) is 2. The minimum absolute atomic E-state index is 0.101. The normalized spacial score (nSPS) is 11.3. The smallest absolute Gasteiger partial charge is 0.339 e. The van der Waals surface area contributed by atoms with Crippen molar-refractivity contribution in [3.8, 4) is 5.75 Å². The van der Waals surface area contributed by atoms with Crippen molar-refractivity contribution < 1.29 is 26.9 Å². The topological polar surface area (TPSA) is 105 Å². The molecule has 0 fully saturated rings. The summed E-state index contributed by atoms with van der Waals surface area (Å²) in [5.74, 6) is -1.45. The van der Waals surface area contributed by atoms with Crippen LogP contribution in [0.5, 0.6) is 5.75 Å². The van der Waals surface area contributed by atoms with Gasteiger partial charge in [-0.3, -0.25) is 5.43 Å². The van der Waals surface area contributed by atoms with Crippen molar-refractivity contribution in [1.29, 1.82) is 0 Å². The molecule has 0 radical (unpaired) electrons. The van der Waals surface area contributed by atoms with Crippen LogP contribution in [0.25, 0.3) is 0 Å². The highest BCUT2D eigenvalue weighted by molar-refractivity contribution is 7.87. The molecule has 0 amide bonds. The average Bonchev–Trinajstić information content (AvgIpc) is 2.70. The van der Waals surface area contributed by atoms with Crippen molar-refractivity contribution in [3.63, 3.8) is 0 Å². The van der Waals surface area contributed by atoms with Gasteiger partial charge in [0.05, 0.1) is 17.5 Å². The quantitative estimate of drug-likeness (QED) is 0.347. The van der Waals surface area contributed by atoms with Gasteiger partial charge in [-0.1, -0.05) is 0 Å². The van der Waals surface area contributed by atoms with Crippen LogP contribution >= 0.6 is 0 Å². The number of nitrogens with zero attached hydrogens (tertiary/aromatic N) is 1. The maximum absolute atomic E-state index is 12.9. The summed E-state index contributed by atoms with van der Waals surface area (Å²) < 4.78 is 42.3. The number of carbonyl (C=O) groups is 1. The fraction of sp³-hybridized carbons (Fsp3) is 0. The molecule has 2 N–H and O–H groups in total. The van der Waals surface area contributed by atoms with Gasteiger partial charge < -0.3 is 9.29 Å². The Kier molecular flexibility index (Phi) is 5.89. The van der Waals surface area contributed by atoms with Crippen LogP contribution in [0.1, 0.15) is 15.9 Å². The lowest BCUT2D eigenvalue weighted by Crippen LogP contribution is -2.09. The number of carboxylic acid groups (broad SMARTS) is 1. The number of rotatable bonds is 7. The van der Waals surface area contributed by atoms with Gasteiger partial charge in [-0.05, 0) is 78.4 Å². The van der Waals surface area contributed by atoms with Gasteiger partial charge in [0.15, 0.2) is 0 Å². The minimum atomic E-state index is -4.06. The molecule has 29 heavy (non-hydrogen) atoms. The lowest BCUT2D eigenvalue weighted by atomic mass is 10.2. The fourth-order valence-electron chi connectivity index (χ4n) is 2.25. The highest BCUT2D eigenvalue weighted by Crippen LogP contribution is 2.19. The zero-order valence-corrected chi connectivity index (χ0v) is 15.6. The third-order valence-corrected chi connectivity index (χ3v) is 4.99. The molecule has 3 aromatic carbocycles. The van der Waals surface area contributed by atoms with Crippen molar-refractivity contribution in [2.75, 3.05) is 5.43 Å². The van der Waals surface area contributed by atoms with E-state index in [0.717, 1.165) is 24.3 Å². The van der Waals surface area contributed by atoms with Crippen molar-refractivity contribution in [2.45, 2.75) is 4.90 Å². The average molecular weight is 414 g/mol. The summed E-state index contributed by atoms with van der Waals surface area (Å²) in [7, 11) is -4.06. The summed E-state index contributed by atoms with van der Waals surface area (Å²) in [6.07, 6.45) is 1.50. The molecule has 0 heterocycles. The second-order valence-electron chi connectivity index (χ2n) is 5.81. The Morgan fingerprint density at radius 2 is 1.59 bits per heavy atom. The zero-order valence-electron chi connectivity index (χ0n) is 14.8.